The number of rotatable bonds is 13. The first-order valence-corrected chi connectivity index (χ1v) is 24.8. The van der Waals surface area contributed by atoms with E-state index in [-0.39, 0.29) is 52.3 Å². The van der Waals surface area contributed by atoms with Gasteiger partial charge in [0.05, 0.1) is 6.61 Å². The van der Waals surface area contributed by atoms with Crippen LogP contribution in [0, 0.1) is 29.1 Å². The van der Waals surface area contributed by atoms with E-state index in [0.717, 1.165) is 43.9 Å². The molecule has 0 spiro atoms. The Kier molecular flexibility index (Phi) is 24.3. The molecule has 0 radical (unpaired) electrons. The van der Waals surface area contributed by atoms with Crippen LogP contribution < -0.4 is 0 Å². The van der Waals surface area contributed by atoms with Crippen LogP contribution in [0.25, 0.3) is 0 Å². The van der Waals surface area contributed by atoms with E-state index in [9.17, 15) is 33.6 Å². The van der Waals surface area contributed by atoms with E-state index in [1.54, 1.807) is 34.6 Å². The van der Waals surface area contributed by atoms with Crippen molar-refractivity contribution < 1.29 is 66.7 Å². The second kappa shape index (κ2) is 27.0. The summed E-state index contributed by atoms with van der Waals surface area (Å²) < 4.78 is 35.7. The highest BCUT2D eigenvalue weighted by Gasteiger charge is 2.58. The molecule has 14 nitrogen and oxygen atoms in total. The first-order chi connectivity index (χ1) is 32.0. The summed E-state index contributed by atoms with van der Waals surface area (Å²) >= 11 is 0. The minimum Gasteiger partial charge on any atom is -0.463 e. The Balaban J connectivity index is 0.000000444. The van der Waals surface area contributed by atoms with Gasteiger partial charge in [-0.2, -0.15) is 0 Å². The Morgan fingerprint density at radius 1 is 0.614 bits per heavy atom. The molecule has 1 heterocycles. The molecule has 396 valence electrons. The molecule has 70 heavy (non-hydrogen) atoms. The van der Waals surface area contributed by atoms with Gasteiger partial charge in [-0.05, 0) is 164 Å². The van der Waals surface area contributed by atoms with E-state index in [4.69, 9.17) is 23.7 Å². The van der Waals surface area contributed by atoms with Crippen molar-refractivity contribution in [3.63, 3.8) is 0 Å². The lowest BCUT2D eigenvalue weighted by Crippen LogP contribution is -2.59. The summed E-state index contributed by atoms with van der Waals surface area (Å²) in [6, 6.07) is 0. The van der Waals surface area contributed by atoms with Crippen molar-refractivity contribution in [2.24, 2.45) is 29.1 Å². The predicted molar refractivity (Wildman–Crippen MR) is 270 cm³/mol. The minimum atomic E-state index is -0.728. The predicted octanol–water partition coefficient (Wildman–Crippen LogP) is 11.3. The maximum Gasteiger partial charge on any atom is 0.347 e. The van der Waals surface area contributed by atoms with Crippen LogP contribution in [-0.4, -0.2) is 83.5 Å². The number of ether oxygens (including phenoxy) is 7. The molecule has 4 bridgehead atoms. The normalized spacial score (nSPS) is 23.4. The van der Waals surface area contributed by atoms with Crippen LogP contribution in [0.2, 0.25) is 0 Å². The molecule has 6 fully saturated rings. The van der Waals surface area contributed by atoms with Crippen LogP contribution >= 0.6 is 0 Å². The molecule has 0 aromatic heterocycles. The summed E-state index contributed by atoms with van der Waals surface area (Å²) in [5, 5.41) is 0. The van der Waals surface area contributed by atoms with Gasteiger partial charge in [0.15, 0.2) is 6.61 Å². The van der Waals surface area contributed by atoms with Crippen LogP contribution in [0.1, 0.15) is 181 Å². The lowest BCUT2D eigenvalue weighted by Gasteiger charge is -2.60. The summed E-state index contributed by atoms with van der Waals surface area (Å²) in [6.07, 6.45) is 12.2. The Hall–Kier alpha value is -5.01. The van der Waals surface area contributed by atoms with Gasteiger partial charge in [0.25, 0.3) is 0 Å². The fraction of sp³-hybridized carbons (Fsp3) is 0.696. The molecule has 0 N–H and O–H groups in total. The molecule has 1 aliphatic heterocycles. The summed E-state index contributed by atoms with van der Waals surface area (Å²) in [5.41, 5.74) is 0.661. The number of carbonyl (C=O) groups excluding carboxylic acids is 7. The van der Waals surface area contributed by atoms with Gasteiger partial charge >= 0.3 is 41.8 Å². The zero-order chi connectivity index (χ0) is 54.2. The van der Waals surface area contributed by atoms with Gasteiger partial charge in [-0.25, -0.2) is 33.6 Å². The molecule has 14 heteroatoms. The lowest BCUT2D eigenvalue weighted by molar-refractivity contribution is -0.207. The molecular formula is C56H88O14. The average molecular weight is 985 g/mol. The standard InChI is InChI=1S/C16H24O2.C13H22O2.C11H18O4.C8H10O4.C8H14O2/c1-4-16(18-15(17)10(2)3)13-6-11-5-12(8-13)9-14(16)7-11;1-10(2)11(14)15-13(12(3,4)5)8-6-7-9-13;1-6-11(4,5)15-9(12)7-14-10(13)8(2)3;1-5(2)7(9)12-6-3-4-11-8(6)10;1-6(2)7(9)10-8(3,4)5/h11-14H,2,4-9H2,1,3H3;1,6-9H2,2-5H3;2,6-7H2,1,3-5H3;6H,1,3-4H2,2H3;1H2,2-5H3. The van der Waals surface area contributed by atoms with Crippen molar-refractivity contribution in [2.45, 2.75) is 209 Å². The molecular weight excluding hydrogens is 897 g/mol. The third kappa shape index (κ3) is 20.0. The first-order valence-electron chi connectivity index (χ1n) is 24.8. The molecule has 6 aliphatic rings. The zero-order valence-electron chi connectivity index (χ0n) is 45.5. The largest absolute Gasteiger partial charge is 0.463 e. The van der Waals surface area contributed by atoms with Crippen molar-refractivity contribution in [1.82, 2.24) is 0 Å². The highest BCUT2D eigenvalue weighted by Crippen LogP contribution is 2.60. The molecule has 0 amide bonds. The lowest BCUT2D eigenvalue weighted by atomic mass is 9.49. The van der Waals surface area contributed by atoms with Crippen molar-refractivity contribution in [3.05, 3.63) is 60.8 Å². The fourth-order valence-corrected chi connectivity index (χ4v) is 9.11. The zero-order valence-corrected chi connectivity index (χ0v) is 45.5. The number of hydrogen-bond acceptors (Lipinski definition) is 14. The van der Waals surface area contributed by atoms with Crippen molar-refractivity contribution in [1.29, 1.82) is 0 Å². The number of cyclic esters (lactones) is 1. The van der Waals surface area contributed by atoms with Gasteiger partial charge in [0.1, 0.15) is 22.4 Å². The molecule has 5 saturated carbocycles. The van der Waals surface area contributed by atoms with Crippen molar-refractivity contribution in [2.75, 3.05) is 13.2 Å². The summed E-state index contributed by atoms with van der Waals surface area (Å²) in [7, 11) is 0. The van der Waals surface area contributed by atoms with Crippen LogP contribution in [0.5, 0.6) is 0 Å². The highest BCUT2D eigenvalue weighted by molar-refractivity contribution is 5.90. The van der Waals surface area contributed by atoms with Gasteiger partial charge in [-0.15, -0.1) is 0 Å². The van der Waals surface area contributed by atoms with E-state index in [0.29, 0.717) is 48.0 Å². The molecule has 0 aromatic carbocycles. The fourth-order valence-electron chi connectivity index (χ4n) is 9.11. The SMILES string of the molecule is C=C(C)C(=O)OC(C)(C)C.C=C(C)C(=O)OC1(C(C)(C)C)CCCC1.C=C(C)C(=O)OC1(CC)C2CC3CC(C2)CC1C3.C=C(C)C(=O)OC1CCOC1=O.C=C(C)C(=O)OCC(=O)OC(C)(C)CC. The maximum atomic E-state index is 12.0. The third-order valence-corrected chi connectivity index (χ3v) is 13.3. The highest BCUT2D eigenvalue weighted by atomic mass is 16.6. The van der Waals surface area contributed by atoms with Crippen LogP contribution in [0.4, 0.5) is 0 Å². The monoisotopic (exact) mass is 985 g/mol. The molecule has 1 unspecified atom stereocenters. The number of hydrogen-bond donors (Lipinski definition) is 0. The van der Waals surface area contributed by atoms with Gasteiger partial charge in [-0.1, -0.05) is 67.5 Å². The van der Waals surface area contributed by atoms with E-state index >= 15 is 0 Å². The number of carbonyl (C=O) groups is 7. The van der Waals surface area contributed by atoms with Crippen molar-refractivity contribution >= 4 is 41.8 Å². The summed E-state index contributed by atoms with van der Waals surface area (Å²) in [4.78, 5) is 78.3. The Bertz CT molecular complexity index is 1900. The quantitative estimate of drug-likeness (QED) is 0.0964. The van der Waals surface area contributed by atoms with Crippen LogP contribution in [0.15, 0.2) is 60.8 Å². The smallest absolute Gasteiger partial charge is 0.347 e. The van der Waals surface area contributed by atoms with E-state index in [2.05, 4.69) is 70.1 Å². The number of esters is 7. The topological polar surface area (TPSA) is 184 Å². The first kappa shape index (κ1) is 63.0. The average Bonchev–Trinajstić information content (AvgIpc) is 3.90. The van der Waals surface area contributed by atoms with E-state index in [1.807, 2.05) is 27.7 Å². The second-order valence-corrected chi connectivity index (χ2v) is 22.3. The van der Waals surface area contributed by atoms with E-state index in [1.165, 1.54) is 46.0 Å². The third-order valence-electron chi connectivity index (χ3n) is 13.3. The summed E-state index contributed by atoms with van der Waals surface area (Å²) in [6.45, 7) is 45.3. The van der Waals surface area contributed by atoms with Crippen LogP contribution in [-0.2, 0) is 66.7 Å². The Morgan fingerprint density at radius 2 is 1.06 bits per heavy atom. The molecule has 0 aromatic rings. The second-order valence-electron chi connectivity index (χ2n) is 22.3. The Morgan fingerprint density at radius 3 is 1.40 bits per heavy atom. The minimum absolute atomic E-state index is 0.00854. The van der Waals surface area contributed by atoms with Crippen molar-refractivity contribution in [3.8, 4) is 0 Å². The summed E-state index contributed by atoms with van der Waals surface area (Å²) in [5.74, 6) is 0.167. The molecule has 5 aliphatic carbocycles. The molecule has 1 saturated heterocycles. The maximum absolute atomic E-state index is 12.0. The Labute approximate surface area is 419 Å². The van der Waals surface area contributed by atoms with Gasteiger partial charge in [0, 0.05) is 39.7 Å². The van der Waals surface area contributed by atoms with Gasteiger partial charge < -0.3 is 33.2 Å². The van der Waals surface area contributed by atoms with Gasteiger partial charge in [0.2, 0.25) is 6.10 Å². The molecule has 6 rings (SSSR count). The van der Waals surface area contributed by atoms with E-state index < -0.39 is 41.2 Å². The van der Waals surface area contributed by atoms with Crippen LogP contribution in [0.3, 0.4) is 0 Å². The molecule has 1 atom stereocenters. The van der Waals surface area contributed by atoms with Gasteiger partial charge in [-0.3, -0.25) is 0 Å².